The molecule has 2 heterocycles. The summed E-state index contributed by atoms with van der Waals surface area (Å²) < 4.78 is 5.64. The normalized spacial score (nSPS) is 12.4. The van der Waals surface area contributed by atoms with Gasteiger partial charge < -0.3 is 10.5 Å². The molecule has 0 saturated carbocycles. The molecule has 0 aliphatic rings. The zero-order valence-corrected chi connectivity index (χ0v) is 12.1. The van der Waals surface area contributed by atoms with E-state index < -0.39 is 0 Å². The lowest BCUT2D eigenvalue weighted by Crippen LogP contribution is -2.21. The second-order valence-electron chi connectivity index (χ2n) is 4.50. The predicted molar refractivity (Wildman–Crippen MR) is 77.4 cm³/mol. The molecule has 0 aliphatic carbocycles. The molecule has 0 fully saturated rings. The van der Waals surface area contributed by atoms with Gasteiger partial charge in [0, 0.05) is 23.5 Å². The summed E-state index contributed by atoms with van der Waals surface area (Å²) in [6, 6.07) is 4.08. The van der Waals surface area contributed by atoms with Gasteiger partial charge in [0.25, 0.3) is 0 Å². The molecule has 0 amide bonds. The predicted octanol–water partition coefficient (Wildman–Crippen LogP) is 2.71. The highest BCUT2D eigenvalue weighted by Crippen LogP contribution is 2.14. The molecular formula is C14H19N3OS. The Morgan fingerprint density at radius 1 is 1.37 bits per heavy atom. The minimum atomic E-state index is 0.178. The zero-order chi connectivity index (χ0) is 13.7. The second kappa shape index (κ2) is 6.63. The summed E-state index contributed by atoms with van der Waals surface area (Å²) in [5, 5.41) is 3.07. The van der Waals surface area contributed by atoms with E-state index >= 15 is 0 Å². The van der Waals surface area contributed by atoms with Crippen LogP contribution in [0.5, 0.6) is 5.75 Å². The Morgan fingerprint density at radius 3 is 2.79 bits per heavy atom. The van der Waals surface area contributed by atoms with Crippen LogP contribution in [0.3, 0.4) is 0 Å². The van der Waals surface area contributed by atoms with E-state index in [1.165, 1.54) is 0 Å². The van der Waals surface area contributed by atoms with Crippen LogP contribution in [0.15, 0.2) is 23.7 Å². The van der Waals surface area contributed by atoms with Crippen LogP contribution in [0.4, 0.5) is 0 Å². The Bertz CT molecular complexity index is 510. The number of rotatable bonds is 6. The summed E-state index contributed by atoms with van der Waals surface area (Å²) in [6.45, 7) is 4.55. The molecule has 2 aromatic rings. The molecule has 4 nitrogen and oxygen atoms in total. The molecule has 0 aromatic carbocycles. The summed E-state index contributed by atoms with van der Waals surface area (Å²) in [5.41, 5.74) is 7.87. The monoisotopic (exact) mass is 277 g/mol. The first-order valence-electron chi connectivity index (χ1n) is 6.41. The average molecular weight is 277 g/mol. The van der Waals surface area contributed by atoms with E-state index in [0.29, 0.717) is 6.61 Å². The van der Waals surface area contributed by atoms with E-state index in [-0.39, 0.29) is 6.04 Å². The summed E-state index contributed by atoms with van der Waals surface area (Å²) in [7, 11) is 0. The van der Waals surface area contributed by atoms with Gasteiger partial charge in [-0.05, 0) is 25.5 Å². The summed E-state index contributed by atoms with van der Waals surface area (Å²) >= 11 is 1.63. The molecule has 2 N–H and O–H groups in total. The van der Waals surface area contributed by atoms with Gasteiger partial charge in [-0.25, -0.2) is 4.98 Å². The Hall–Kier alpha value is -1.46. The smallest absolute Gasteiger partial charge is 0.138 e. The van der Waals surface area contributed by atoms with Crippen molar-refractivity contribution in [2.24, 2.45) is 5.73 Å². The van der Waals surface area contributed by atoms with Gasteiger partial charge in [0.15, 0.2) is 0 Å². The highest BCUT2D eigenvalue weighted by Gasteiger charge is 2.04. The van der Waals surface area contributed by atoms with Crippen LogP contribution in [0.1, 0.15) is 29.7 Å². The Kier molecular flexibility index (Phi) is 4.87. The fraction of sp³-hybridized carbons (Fsp3) is 0.429. The topological polar surface area (TPSA) is 61.0 Å². The maximum absolute atomic E-state index is 5.90. The van der Waals surface area contributed by atoms with Crippen molar-refractivity contribution in [1.29, 1.82) is 0 Å². The number of pyridine rings is 1. The number of ether oxygens (including phenoxy) is 1. The van der Waals surface area contributed by atoms with Crippen LogP contribution in [0.2, 0.25) is 0 Å². The van der Waals surface area contributed by atoms with E-state index in [9.17, 15) is 0 Å². The largest absolute Gasteiger partial charge is 0.486 e. The van der Waals surface area contributed by atoms with Crippen molar-refractivity contribution < 1.29 is 4.74 Å². The van der Waals surface area contributed by atoms with Gasteiger partial charge in [-0.2, -0.15) is 0 Å². The summed E-state index contributed by atoms with van der Waals surface area (Å²) in [5.74, 6) is 0.763. The molecule has 0 spiro atoms. The molecule has 2 rings (SSSR count). The van der Waals surface area contributed by atoms with Gasteiger partial charge in [-0.3, -0.25) is 4.98 Å². The highest BCUT2D eigenvalue weighted by atomic mass is 32.1. The van der Waals surface area contributed by atoms with E-state index in [4.69, 9.17) is 10.5 Å². The molecule has 0 bridgehead atoms. The molecule has 19 heavy (non-hydrogen) atoms. The van der Waals surface area contributed by atoms with Gasteiger partial charge in [-0.15, -0.1) is 11.3 Å². The molecule has 102 valence electrons. The van der Waals surface area contributed by atoms with Crippen LogP contribution in [-0.4, -0.2) is 16.0 Å². The Balaban J connectivity index is 1.88. The van der Waals surface area contributed by atoms with Crippen LogP contribution >= 0.6 is 11.3 Å². The first-order valence-corrected chi connectivity index (χ1v) is 7.29. The fourth-order valence-corrected chi connectivity index (χ4v) is 2.26. The molecule has 1 unspecified atom stereocenters. The van der Waals surface area contributed by atoms with Crippen molar-refractivity contribution in [2.45, 2.75) is 39.3 Å². The van der Waals surface area contributed by atoms with Gasteiger partial charge in [0.05, 0.1) is 16.9 Å². The summed E-state index contributed by atoms with van der Waals surface area (Å²) in [6.07, 6.45) is 3.52. The minimum Gasteiger partial charge on any atom is -0.486 e. The molecule has 2 aromatic heterocycles. The third kappa shape index (κ3) is 4.29. The van der Waals surface area contributed by atoms with Crippen molar-refractivity contribution in [3.63, 3.8) is 0 Å². The number of nitrogens with two attached hydrogens (primary N) is 1. The number of aryl methyl sites for hydroxylation is 1. The fourth-order valence-electron chi connectivity index (χ4n) is 1.66. The van der Waals surface area contributed by atoms with Crippen molar-refractivity contribution in [2.75, 3.05) is 0 Å². The van der Waals surface area contributed by atoms with Crippen molar-refractivity contribution in [3.05, 3.63) is 40.1 Å². The van der Waals surface area contributed by atoms with Crippen molar-refractivity contribution >= 4 is 11.3 Å². The van der Waals surface area contributed by atoms with Crippen LogP contribution in [0.25, 0.3) is 0 Å². The minimum absolute atomic E-state index is 0.178. The maximum Gasteiger partial charge on any atom is 0.138 e. The van der Waals surface area contributed by atoms with Gasteiger partial charge >= 0.3 is 0 Å². The number of aromatic nitrogens is 2. The lowest BCUT2D eigenvalue weighted by molar-refractivity contribution is 0.300. The SMILES string of the molecule is CCC(N)Cc1ccc(OCc2csc(C)n2)cn1. The van der Waals surface area contributed by atoms with Crippen LogP contribution < -0.4 is 10.5 Å². The van der Waals surface area contributed by atoms with Crippen LogP contribution in [-0.2, 0) is 13.0 Å². The Morgan fingerprint density at radius 2 is 2.21 bits per heavy atom. The highest BCUT2D eigenvalue weighted by molar-refractivity contribution is 7.09. The number of thiazole rings is 1. The molecule has 1 atom stereocenters. The first kappa shape index (κ1) is 14.0. The zero-order valence-electron chi connectivity index (χ0n) is 11.3. The molecule has 0 radical (unpaired) electrons. The van der Waals surface area contributed by atoms with Gasteiger partial charge in [0.2, 0.25) is 0 Å². The quantitative estimate of drug-likeness (QED) is 0.882. The van der Waals surface area contributed by atoms with Gasteiger partial charge in [0.1, 0.15) is 12.4 Å². The standard InChI is InChI=1S/C14H19N3OS/c1-3-11(15)6-12-4-5-14(7-16-12)18-8-13-9-19-10(2)17-13/h4-5,7,9,11H,3,6,8,15H2,1-2H3. The number of hydrogen-bond acceptors (Lipinski definition) is 5. The summed E-state index contributed by atoms with van der Waals surface area (Å²) in [4.78, 5) is 8.71. The van der Waals surface area contributed by atoms with Crippen LogP contribution in [0, 0.1) is 6.92 Å². The van der Waals surface area contributed by atoms with E-state index in [1.807, 2.05) is 24.4 Å². The average Bonchev–Trinajstić information content (AvgIpc) is 2.83. The Labute approximate surface area is 117 Å². The van der Waals surface area contributed by atoms with E-state index in [1.54, 1.807) is 17.5 Å². The maximum atomic E-state index is 5.90. The molecular weight excluding hydrogens is 258 g/mol. The van der Waals surface area contributed by atoms with Crippen molar-refractivity contribution in [1.82, 2.24) is 9.97 Å². The number of nitrogens with zero attached hydrogens (tertiary/aromatic N) is 2. The lowest BCUT2D eigenvalue weighted by atomic mass is 10.1. The number of hydrogen-bond donors (Lipinski definition) is 1. The third-order valence-corrected chi connectivity index (χ3v) is 3.67. The molecule has 0 aliphatic heterocycles. The van der Waals surface area contributed by atoms with E-state index in [2.05, 4.69) is 16.9 Å². The second-order valence-corrected chi connectivity index (χ2v) is 5.57. The lowest BCUT2D eigenvalue weighted by Gasteiger charge is -2.08. The molecule has 0 saturated heterocycles. The van der Waals surface area contributed by atoms with Gasteiger partial charge in [-0.1, -0.05) is 6.92 Å². The first-order chi connectivity index (χ1) is 9.17. The third-order valence-electron chi connectivity index (χ3n) is 2.85. The molecule has 5 heteroatoms. The van der Waals surface area contributed by atoms with Crippen molar-refractivity contribution in [3.8, 4) is 5.75 Å². The van der Waals surface area contributed by atoms with E-state index in [0.717, 1.165) is 35.0 Å².